The summed E-state index contributed by atoms with van der Waals surface area (Å²) in [5, 5.41) is 12.5. The van der Waals surface area contributed by atoms with E-state index in [1.807, 2.05) is 30.3 Å². The molecule has 0 aliphatic heterocycles. The molecule has 2 aromatic rings. The lowest BCUT2D eigenvalue weighted by Crippen LogP contribution is -2.25. The molecule has 0 aliphatic carbocycles. The molecule has 0 amide bonds. The Morgan fingerprint density at radius 1 is 1.10 bits per heavy atom. The van der Waals surface area contributed by atoms with E-state index in [0.717, 1.165) is 5.56 Å². The molecule has 2 atom stereocenters. The van der Waals surface area contributed by atoms with Gasteiger partial charge in [-0.25, -0.2) is 0 Å². The highest BCUT2D eigenvalue weighted by Crippen LogP contribution is 2.48. The van der Waals surface area contributed by atoms with Crippen molar-refractivity contribution in [3.63, 3.8) is 0 Å². The van der Waals surface area contributed by atoms with Crippen LogP contribution in [0.25, 0.3) is 0 Å². The summed E-state index contributed by atoms with van der Waals surface area (Å²) in [5.41, 5.74) is 1.01. The van der Waals surface area contributed by atoms with E-state index in [2.05, 4.69) is 5.32 Å². The van der Waals surface area contributed by atoms with Gasteiger partial charge in [-0.05, 0) is 11.6 Å². The molecule has 0 aromatic heterocycles. The Morgan fingerprint density at radius 2 is 1.70 bits per heavy atom. The summed E-state index contributed by atoms with van der Waals surface area (Å²) < 4.78 is 11.5. The first-order valence-corrected chi connectivity index (χ1v) is 7.72. The lowest BCUT2D eigenvalue weighted by molar-refractivity contribution is -0.197. The average molecular weight is 292 g/mol. The third-order valence-corrected chi connectivity index (χ3v) is 4.01. The molecule has 0 saturated heterocycles. The van der Waals surface area contributed by atoms with Gasteiger partial charge in [0, 0.05) is 12.1 Å². The molecule has 0 spiro atoms. The second kappa shape index (κ2) is 6.20. The van der Waals surface area contributed by atoms with Crippen molar-refractivity contribution in [2.45, 2.75) is 12.3 Å². The van der Waals surface area contributed by atoms with Crippen LogP contribution in [0, 0.1) is 0 Å². The average Bonchev–Trinajstić information content (AvgIpc) is 2.41. The quantitative estimate of drug-likeness (QED) is 0.730. The summed E-state index contributed by atoms with van der Waals surface area (Å²) in [5.74, 6) is -1.52. The fourth-order valence-electron chi connectivity index (χ4n) is 1.93. The molecule has 0 fully saturated rings. The van der Waals surface area contributed by atoms with Gasteiger partial charge in [-0.2, -0.15) is 0 Å². The van der Waals surface area contributed by atoms with Crippen LogP contribution < -0.4 is 10.2 Å². The van der Waals surface area contributed by atoms with Gasteiger partial charge in [0.2, 0.25) is 0 Å². The van der Waals surface area contributed by atoms with E-state index in [4.69, 9.17) is 0 Å². The first-order chi connectivity index (χ1) is 9.48. The van der Waals surface area contributed by atoms with Crippen molar-refractivity contribution in [2.24, 2.45) is 0 Å². The SMILES string of the molecule is O=P([O-])(O)C(NCc1ccccc1)c1ccccc1O. The molecular weight excluding hydrogens is 277 g/mol. The first-order valence-electron chi connectivity index (χ1n) is 6.07. The Bertz CT molecular complexity index is 612. The zero-order valence-electron chi connectivity index (χ0n) is 10.6. The van der Waals surface area contributed by atoms with E-state index in [1.165, 1.54) is 12.1 Å². The lowest BCUT2D eigenvalue weighted by atomic mass is 10.2. The summed E-state index contributed by atoms with van der Waals surface area (Å²) >= 11 is 0. The van der Waals surface area contributed by atoms with Gasteiger partial charge in [0.25, 0.3) is 0 Å². The van der Waals surface area contributed by atoms with E-state index in [1.54, 1.807) is 12.1 Å². The molecule has 2 aromatic carbocycles. The monoisotopic (exact) mass is 292 g/mol. The second-order valence-electron chi connectivity index (χ2n) is 4.39. The van der Waals surface area contributed by atoms with Crippen LogP contribution in [0.1, 0.15) is 16.9 Å². The summed E-state index contributed by atoms with van der Waals surface area (Å²) in [6.45, 7) is 0.257. The topological polar surface area (TPSA) is 92.6 Å². The van der Waals surface area contributed by atoms with Crippen molar-refractivity contribution >= 4 is 7.60 Å². The van der Waals surface area contributed by atoms with Crippen LogP contribution in [-0.4, -0.2) is 10.00 Å². The molecule has 0 radical (unpaired) electrons. The fraction of sp³-hybridized carbons (Fsp3) is 0.143. The van der Waals surface area contributed by atoms with E-state index in [0.29, 0.717) is 0 Å². The largest absolute Gasteiger partial charge is 0.777 e. The van der Waals surface area contributed by atoms with Crippen LogP contribution in [0.2, 0.25) is 0 Å². The third-order valence-electron chi connectivity index (χ3n) is 2.90. The molecule has 0 bridgehead atoms. The summed E-state index contributed by atoms with van der Waals surface area (Å²) in [6, 6.07) is 15.2. The minimum Gasteiger partial charge on any atom is -0.777 e. The zero-order valence-corrected chi connectivity index (χ0v) is 11.5. The van der Waals surface area contributed by atoms with Crippen LogP contribution in [0.5, 0.6) is 5.75 Å². The van der Waals surface area contributed by atoms with Gasteiger partial charge < -0.3 is 19.5 Å². The predicted octanol–water partition coefficient (Wildman–Crippen LogP) is 1.73. The van der Waals surface area contributed by atoms with E-state index >= 15 is 0 Å². The smallest absolute Gasteiger partial charge is 0.153 e. The van der Waals surface area contributed by atoms with Crippen molar-refractivity contribution in [2.75, 3.05) is 0 Å². The van der Waals surface area contributed by atoms with E-state index < -0.39 is 13.4 Å². The van der Waals surface area contributed by atoms with Gasteiger partial charge in [0.1, 0.15) is 11.5 Å². The number of rotatable bonds is 5. The van der Waals surface area contributed by atoms with E-state index in [9.17, 15) is 19.5 Å². The fourth-order valence-corrected chi connectivity index (χ4v) is 2.82. The molecule has 20 heavy (non-hydrogen) atoms. The number of phenols is 1. The number of para-hydroxylation sites is 1. The van der Waals surface area contributed by atoms with Gasteiger partial charge in [0.15, 0.2) is 7.60 Å². The number of nitrogens with one attached hydrogen (secondary N) is 1. The summed E-state index contributed by atoms with van der Waals surface area (Å²) in [6.07, 6.45) is 0. The van der Waals surface area contributed by atoms with Crippen molar-refractivity contribution in [1.82, 2.24) is 5.32 Å². The van der Waals surface area contributed by atoms with Gasteiger partial charge in [-0.3, -0.25) is 5.32 Å². The van der Waals surface area contributed by atoms with Crippen LogP contribution in [0.15, 0.2) is 54.6 Å². The van der Waals surface area contributed by atoms with Gasteiger partial charge in [-0.1, -0.05) is 48.5 Å². The molecule has 106 valence electrons. The van der Waals surface area contributed by atoms with E-state index in [-0.39, 0.29) is 17.9 Å². The van der Waals surface area contributed by atoms with Gasteiger partial charge >= 0.3 is 0 Å². The second-order valence-corrected chi connectivity index (χ2v) is 6.04. The Kier molecular flexibility index (Phi) is 4.57. The maximum Gasteiger partial charge on any atom is 0.153 e. The highest BCUT2D eigenvalue weighted by atomic mass is 31.2. The number of phenolic OH excluding ortho intramolecular Hbond substituents is 1. The van der Waals surface area contributed by atoms with Crippen LogP contribution in [-0.2, 0) is 11.1 Å². The number of aromatic hydroxyl groups is 1. The maximum absolute atomic E-state index is 11.5. The molecule has 5 nitrogen and oxygen atoms in total. The van der Waals surface area contributed by atoms with Gasteiger partial charge in [0.05, 0.1) is 0 Å². The summed E-state index contributed by atoms with van der Waals surface area (Å²) in [4.78, 5) is 20.9. The Balaban J connectivity index is 2.22. The maximum atomic E-state index is 11.5. The number of hydrogen-bond donors (Lipinski definition) is 3. The molecular formula is C14H15NO4P-. The van der Waals surface area contributed by atoms with Crippen LogP contribution in [0.3, 0.4) is 0 Å². The predicted molar refractivity (Wildman–Crippen MR) is 74.0 cm³/mol. The molecule has 2 rings (SSSR count). The van der Waals surface area contributed by atoms with Gasteiger partial charge in [-0.15, -0.1) is 0 Å². The van der Waals surface area contributed by atoms with Crippen molar-refractivity contribution in [3.8, 4) is 5.75 Å². The molecule has 0 saturated carbocycles. The van der Waals surface area contributed by atoms with Crippen LogP contribution >= 0.6 is 7.60 Å². The molecule has 0 aliphatic rings. The first kappa shape index (κ1) is 14.8. The third kappa shape index (κ3) is 3.68. The number of hydrogen-bond acceptors (Lipinski definition) is 4. The van der Waals surface area contributed by atoms with Crippen LogP contribution in [0.4, 0.5) is 0 Å². The normalized spacial score (nSPS) is 15.5. The van der Waals surface area contributed by atoms with Crippen molar-refractivity contribution in [1.29, 1.82) is 0 Å². The number of benzene rings is 2. The molecule has 0 heterocycles. The Morgan fingerprint density at radius 3 is 2.30 bits per heavy atom. The molecule has 6 heteroatoms. The van der Waals surface area contributed by atoms with Crippen molar-refractivity contribution in [3.05, 3.63) is 65.7 Å². The standard InChI is InChI=1S/C14H16NO4P/c16-13-9-5-4-8-12(13)14(20(17,18)19)15-10-11-6-2-1-3-7-11/h1-9,14-16H,10H2,(H2,17,18,19)/p-1. The minimum atomic E-state index is -4.68. The van der Waals surface area contributed by atoms with Crippen molar-refractivity contribution < 1.29 is 19.5 Å². The lowest BCUT2D eigenvalue weighted by Gasteiger charge is -2.29. The highest BCUT2D eigenvalue weighted by molar-refractivity contribution is 7.50. The summed E-state index contributed by atoms with van der Waals surface area (Å²) in [7, 11) is -4.68. The highest BCUT2D eigenvalue weighted by Gasteiger charge is 2.24. The minimum absolute atomic E-state index is 0.129. The Hall–Kier alpha value is -1.65. The molecule has 2 unspecified atom stereocenters. The zero-order chi connectivity index (χ0) is 14.6. The molecule has 3 N–H and O–H groups in total. The Labute approximate surface area is 117 Å².